The second-order valence-electron chi connectivity index (χ2n) is 4.68. The first-order valence-corrected chi connectivity index (χ1v) is 9.28. The van der Waals surface area contributed by atoms with Crippen LogP contribution in [0.2, 0.25) is 4.47 Å². The van der Waals surface area contributed by atoms with Crippen LogP contribution in [0.25, 0.3) is 0 Å². The first-order chi connectivity index (χ1) is 9.95. The fraction of sp³-hybridized carbons (Fsp3) is 0.250. The molecule has 0 aliphatic rings. The quantitative estimate of drug-likeness (QED) is 0.755. The zero-order valence-corrected chi connectivity index (χ0v) is 13.5. The first-order valence-electron chi connectivity index (χ1n) is 6.47. The molecule has 0 aliphatic heterocycles. The van der Waals surface area contributed by atoms with Gasteiger partial charge in [0.05, 0.1) is 0 Å². The predicted octanol–water partition coefficient (Wildman–Crippen LogP) is 3.06. The van der Waals surface area contributed by atoms with Crippen LogP contribution < -0.4 is 3.61 Å². The van der Waals surface area contributed by atoms with Crippen molar-refractivity contribution in [1.82, 2.24) is 0 Å². The Morgan fingerprint density at radius 1 is 0.952 bits per heavy atom. The molecule has 0 fully saturated rings. The summed E-state index contributed by atoms with van der Waals surface area (Å²) in [4.78, 5) is 0. The molecule has 2 rings (SSSR count). The minimum absolute atomic E-state index is 0.433. The second kappa shape index (κ2) is 7.31. The van der Waals surface area contributed by atoms with E-state index in [0.29, 0.717) is 10.9 Å². The SMILES string of the molecule is OC(C[Te]c1ccc(C(F)(F)F)cc1)Cc1ccccc1. The van der Waals surface area contributed by atoms with Gasteiger partial charge in [-0.1, -0.05) is 0 Å². The monoisotopic (exact) mass is 410 g/mol. The fourth-order valence-corrected chi connectivity index (χ4v) is 4.25. The molecule has 0 bridgehead atoms. The molecule has 0 saturated heterocycles. The molecule has 1 nitrogen and oxygen atoms in total. The van der Waals surface area contributed by atoms with E-state index in [0.717, 1.165) is 21.3 Å². The van der Waals surface area contributed by atoms with Crippen molar-refractivity contribution in [3.8, 4) is 0 Å². The summed E-state index contributed by atoms with van der Waals surface area (Å²) in [6.07, 6.45) is -4.13. The topological polar surface area (TPSA) is 20.2 Å². The molecule has 1 atom stereocenters. The molecule has 1 unspecified atom stereocenters. The predicted molar refractivity (Wildman–Crippen MR) is 77.8 cm³/mol. The van der Waals surface area contributed by atoms with E-state index in [-0.39, 0.29) is 0 Å². The van der Waals surface area contributed by atoms with Crippen molar-refractivity contribution in [1.29, 1.82) is 0 Å². The van der Waals surface area contributed by atoms with Crippen LogP contribution in [0.3, 0.4) is 0 Å². The Bertz CT molecular complexity index is 552. The van der Waals surface area contributed by atoms with E-state index >= 15 is 0 Å². The van der Waals surface area contributed by atoms with Crippen LogP contribution in [0, 0.1) is 0 Å². The number of benzene rings is 2. The number of aliphatic hydroxyl groups is 1. The summed E-state index contributed by atoms with van der Waals surface area (Å²) in [5.74, 6) is 0. The molecule has 1 N–H and O–H groups in total. The molecule has 0 aliphatic carbocycles. The average Bonchev–Trinajstić information content (AvgIpc) is 2.46. The maximum absolute atomic E-state index is 12.4. The van der Waals surface area contributed by atoms with Gasteiger partial charge in [0, 0.05) is 0 Å². The molecule has 5 heteroatoms. The van der Waals surface area contributed by atoms with Gasteiger partial charge in [-0.15, -0.1) is 0 Å². The number of halogens is 3. The third-order valence-corrected chi connectivity index (χ3v) is 6.24. The molecule has 0 aromatic heterocycles. The number of rotatable bonds is 5. The van der Waals surface area contributed by atoms with Gasteiger partial charge in [0.1, 0.15) is 0 Å². The number of aliphatic hydroxyl groups excluding tert-OH is 1. The van der Waals surface area contributed by atoms with Crippen LogP contribution in [0.4, 0.5) is 13.2 Å². The van der Waals surface area contributed by atoms with Crippen LogP contribution in [0.5, 0.6) is 0 Å². The van der Waals surface area contributed by atoms with Gasteiger partial charge in [0.2, 0.25) is 0 Å². The Hall–Kier alpha value is -1.02. The average molecular weight is 408 g/mol. The summed E-state index contributed by atoms with van der Waals surface area (Å²) >= 11 is -0.668. The number of hydrogen-bond donors (Lipinski definition) is 1. The van der Waals surface area contributed by atoms with E-state index in [9.17, 15) is 18.3 Å². The molecule has 2 aromatic carbocycles. The summed E-state index contributed by atoms with van der Waals surface area (Å²) in [7, 11) is 0. The molecule has 0 radical (unpaired) electrons. The van der Waals surface area contributed by atoms with Gasteiger partial charge in [-0.05, 0) is 0 Å². The van der Waals surface area contributed by atoms with E-state index in [1.807, 2.05) is 30.3 Å². The van der Waals surface area contributed by atoms with Gasteiger partial charge >= 0.3 is 132 Å². The third-order valence-electron chi connectivity index (χ3n) is 2.94. The van der Waals surface area contributed by atoms with Crippen molar-refractivity contribution in [2.24, 2.45) is 0 Å². The Balaban J connectivity index is 1.85. The Morgan fingerprint density at radius 2 is 1.57 bits per heavy atom. The molecular weight excluding hydrogens is 393 g/mol. The van der Waals surface area contributed by atoms with Crippen molar-refractivity contribution >= 4 is 24.5 Å². The molecule has 0 amide bonds. The number of alkyl halides is 3. The summed E-state index contributed by atoms with van der Waals surface area (Å²) in [6.45, 7) is 0. The van der Waals surface area contributed by atoms with E-state index < -0.39 is 38.8 Å². The van der Waals surface area contributed by atoms with Crippen LogP contribution in [0.15, 0.2) is 54.6 Å². The zero-order valence-electron chi connectivity index (χ0n) is 11.2. The van der Waals surface area contributed by atoms with E-state index in [1.54, 1.807) is 0 Å². The first kappa shape index (κ1) is 16.4. The van der Waals surface area contributed by atoms with Gasteiger partial charge in [-0.3, -0.25) is 0 Å². The van der Waals surface area contributed by atoms with E-state index in [1.165, 1.54) is 12.1 Å². The molecule has 2 aromatic rings. The van der Waals surface area contributed by atoms with Gasteiger partial charge in [0.25, 0.3) is 0 Å². The standard InChI is InChI=1S/C16H15F3OTe/c17-16(18,19)13-6-8-15(9-7-13)21-11-14(20)10-12-4-2-1-3-5-12/h1-9,14,20H,10-11H2. The normalized spacial score (nSPS) is 13.1. The Labute approximate surface area is 131 Å². The van der Waals surface area contributed by atoms with Gasteiger partial charge in [-0.2, -0.15) is 0 Å². The summed E-state index contributed by atoms with van der Waals surface area (Å²) in [5.41, 5.74) is 0.452. The molecule has 0 spiro atoms. The van der Waals surface area contributed by atoms with Crippen molar-refractivity contribution in [2.45, 2.75) is 23.2 Å². The number of hydrogen-bond acceptors (Lipinski definition) is 1. The third kappa shape index (κ3) is 5.35. The fourth-order valence-electron chi connectivity index (χ4n) is 1.88. The Morgan fingerprint density at radius 3 is 2.14 bits per heavy atom. The van der Waals surface area contributed by atoms with E-state index in [4.69, 9.17) is 0 Å². The van der Waals surface area contributed by atoms with Crippen molar-refractivity contribution < 1.29 is 18.3 Å². The van der Waals surface area contributed by atoms with Crippen LogP contribution >= 0.6 is 0 Å². The van der Waals surface area contributed by atoms with Crippen molar-refractivity contribution in [3.05, 3.63) is 65.7 Å². The van der Waals surface area contributed by atoms with Gasteiger partial charge in [0.15, 0.2) is 0 Å². The van der Waals surface area contributed by atoms with Crippen LogP contribution in [-0.4, -0.2) is 32.1 Å². The van der Waals surface area contributed by atoms with Gasteiger partial charge in [-0.25, -0.2) is 0 Å². The summed E-state index contributed by atoms with van der Waals surface area (Å²) in [5, 5.41) is 10.0. The Kier molecular flexibility index (Phi) is 5.69. The van der Waals surface area contributed by atoms with Crippen LogP contribution in [0.1, 0.15) is 11.1 Å². The van der Waals surface area contributed by atoms with Crippen LogP contribution in [-0.2, 0) is 12.6 Å². The molecule has 21 heavy (non-hydrogen) atoms. The van der Waals surface area contributed by atoms with Crippen molar-refractivity contribution in [2.75, 3.05) is 0 Å². The maximum atomic E-state index is 12.4. The zero-order chi connectivity index (χ0) is 15.3. The summed E-state index contributed by atoms with van der Waals surface area (Å²) < 4.78 is 38.9. The van der Waals surface area contributed by atoms with Crippen molar-refractivity contribution in [3.63, 3.8) is 0 Å². The van der Waals surface area contributed by atoms with Gasteiger partial charge < -0.3 is 0 Å². The molecular formula is C16H15F3OTe. The second-order valence-corrected chi connectivity index (χ2v) is 7.80. The molecule has 0 saturated carbocycles. The molecule has 112 valence electrons. The molecule has 0 heterocycles. The van der Waals surface area contributed by atoms with E-state index in [2.05, 4.69) is 0 Å². The summed E-state index contributed by atoms with van der Waals surface area (Å²) in [6, 6.07) is 15.0. The minimum atomic E-state index is -4.29.